The molecule has 1 fully saturated rings. The Balaban J connectivity index is 1.13. The first-order valence-corrected chi connectivity index (χ1v) is 12.0. The molecule has 0 spiro atoms. The Morgan fingerprint density at radius 3 is 2.54 bits per heavy atom. The van der Waals surface area contributed by atoms with E-state index < -0.39 is 0 Å². The number of carbonyl (C=O) groups is 1. The normalized spacial score (nSPS) is 15.2. The second-order valence-electron chi connectivity index (χ2n) is 8.85. The maximum absolute atomic E-state index is 12.5. The van der Waals surface area contributed by atoms with Crippen LogP contribution in [-0.2, 0) is 17.8 Å². The van der Waals surface area contributed by atoms with Gasteiger partial charge in [0.15, 0.2) is 0 Å². The van der Waals surface area contributed by atoms with Crippen molar-refractivity contribution in [3.63, 3.8) is 0 Å². The van der Waals surface area contributed by atoms with Gasteiger partial charge in [-0.2, -0.15) is 0 Å². The van der Waals surface area contributed by atoms with Gasteiger partial charge in [0.2, 0.25) is 0 Å². The average molecular weight is 474 g/mol. The van der Waals surface area contributed by atoms with E-state index in [0.29, 0.717) is 26.3 Å². The molecule has 0 saturated carbocycles. The number of nitrogens with zero attached hydrogens (tertiary/aromatic N) is 3. The van der Waals surface area contributed by atoms with Crippen molar-refractivity contribution < 1.29 is 13.9 Å². The molecule has 5 rings (SSSR count). The second kappa shape index (κ2) is 10.8. The van der Waals surface area contributed by atoms with Crippen LogP contribution < -0.4 is 10.6 Å². The Morgan fingerprint density at radius 1 is 1.00 bits per heavy atom. The average Bonchev–Trinajstić information content (AvgIpc) is 3.51. The van der Waals surface area contributed by atoms with Crippen molar-refractivity contribution >= 4 is 17.1 Å². The molecule has 2 amide bonds. The summed E-state index contributed by atoms with van der Waals surface area (Å²) in [6.07, 6.45) is 1.87. The van der Waals surface area contributed by atoms with Gasteiger partial charge < -0.3 is 24.4 Å². The number of rotatable bonds is 8. The number of furan rings is 1. The summed E-state index contributed by atoms with van der Waals surface area (Å²) in [6.45, 7) is 6.63. The van der Waals surface area contributed by atoms with E-state index in [4.69, 9.17) is 9.15 Å². The third-order valence-electron chi connectivity index (χ3n) is 6.39. The SMILES string of the molecule is Cc1ccc(C(CNC(=O)NCc2ccc(Cn3cnc4ccccc43)cc2)N2CCOCC2)o1. The summed E-state index contributed by atoms with van der Waals surface area (Å²) in [6, 6.07) is 20.2. The molecule has 2 aromatic heterocycles. The smallest absolute Gasteiger partial charge is 0.315 e. The minimum absolute atomic E-state index is 0.0168. The number of amides is 2. The first-order chi connectivity index (χ1) is 17.2. The fourth-order valence-electron chi connectivity index (χ4n) is 4.46. The molecule has 35 heavy (non-hydrogen) atoms. The van der Waals surface area contributed by atoms with Crippen LogP contribution in [0.2, 0.25) is 0 Å². The van der Waals surface area contributed by atoms with E-state index in [1.165, 1.54) is 5.56 Å². The van der Waals surface area contributed by atoms with Crippen molar-refractivity contribution in [3.05, 3.63) is 89.6 Å². The van der Waals surface area contributed by atoms with Crippen LogP contribution in [-0.4, -0.2) is 53.3 Å². The number of urea groups is 1. The number of aryl methyl sites for hydroxylation is 1. The van der Waals surface area contributed by atoms with Crippen molar-refractivity contribution in [3.8, 4) is 0 Å². The zero-order valence-corrected chi connectivity index (χ0v) is 19.9. The fourth-order valence-corrected chi connectivity index (χ4v) is 4.46. The van der Waals surface area contributed by atoms with Gasteiger partial charge in [-0.25, -0.2) is 9.78 Å². The predicted octanol–water partition coefficient (Wildman–Crippen LogP) is 3.86. The summed E-state index contributed by atoms with van der Waals surface area (Å²) in [4.78, 5) is 19.3. The van der Waals surface area contributed by atoms with Gasteiger partial charge >= 0.3 is 6.03 Å². The van der Waals surface area contributed by atoms with Crippen LogP contribution in [0.25, 0.3) is 11.0 Å². The molecule has 2 N–H and O–H groups in total. The number of hydrogen-bond donors (Lipinski definition) is 2. The van der Waals surface area contributed by atoms with E-state index in [1.54, 1.807) is 0 Å². The molecular weight excluding hydrogens is 442 g/mol. The quantitative estimate of drug-likeness (QED) is 0.406. The number of aromatic nitrogens is 2. The Kier molecular flexibility index (Phi) is 7.11. The van der Waals surface area contributed by atoms with Gasteiger partial charge in [0.1, 0.15) is 11.5 Å². The summed E-state index contributed by atoms with van der Waals surface area (Å²) in [5.74, 6) is 1.73. The molecule has 0 aliphatic carbocycles. The number of nitrogens with one attached hydrogen (secondary N) is 2. The number of para-hydroxylation sites is 2. The van der Waals surface area contributed by atoms with E-state index in [0.717, 1.165) is 47.8 Å². The van der Waals surface area contributed by atoms with Gasteiger partial charge in [-0.3, -0.25) is 4.90 Å². The minimum Gasteiger partial charge on any atom is -0.465 e. The topological polar surface area (TPSA) is 84.6 Å². The van der Waals surface area contributed by atoms with Crippen LogP contribution in [0, 0.1) is 6.92 Å². The highest BCUT2D eigenvalue weighted by Crippen LogP contribution is 2.23. The number of fused-ring (bicyclic) bond motifs is 1. The Morgan fingerprint density at radius 2 is 1.77 bits per heavy atom. The predicted molar refractivity (Wildman–Crippen MR) is 134 cm³/mol. The molecule has 8 heteroatoms. The molecule has 2 aromatic carbocycles. The zero-order valence-electron chi connectivity index (χ0n) is 19.9. The summed E-state index contributed by atoms with van der Waals surface area (Å²) in [5, 5.41) is 5.98. The summed E-state index contributed by atoms with van der Waals surface area (Å²) in [5.41, 5.74) is 4.35. The lowest BCUT2D eigenvalue weighted by atomic mass is 10.1. The van der Waals surface area contributed by atoms with Crippen LogP contribution in [0.4, 0.5) is 4.79 Å². The number of benzene rings is 2. The Bertz CT molecular complexity index is 1260. The number of morpholine rings is 1. The lowest BCUT2D eigenvalue weighted by Crippen LogP contribution is -2.45. The minimum atomic E-state index is -0.194. The van der Waals surface area contributed by atoms with Crippen LogP contribution in [0.1, 0.15) is 28.7 Å². The highest BCUT2D eigenvalue weighted by atomic mass is 16.5. The van der Waals surface area contributed by atoms with Crippen molar-refractivity contribution in [2.75, 3.05) is 32.8 Å². The van der Waals surface area contributed by atoms with Crippen molar-refractivity contribution in [1.82, 2.24) is 25.1 Å². The van der Waals surface area contributed by atoms with Gasteiger partial charge in [0.25, 0.3) is 0 Å². The van der Waals surface area contributed by atoms with E-state index >= 15 is 0 Å². The largest absolute Gasteiger partial charge is 0.465 e. The monoisotopic (exact) mass is 473 g/mol. The third kappa shape index (κ3) is 5.72. The van der Waals surface area contributed by atoms with E-state index in [-0.39, 0.29) is 12.1 Å². The molecule has 1 aliphatic rings. The number of ether oxygens (including phenoxy) is 1. The molecule has 182 valence electrons. The second-order valence-corrected chi connectivity index (χ2v) is 8.85. The van der Waals surface area contributed by atoms with Crippen LogP contribution in [0.15, 0.2) is 71.4 Å². The Labute approximate surface area is 204 Å². The van der Waals surface area contributed by atoms with Gasteiger partial charge in [0, 0.05) is 32.7 Å². The molecule has 8 nitrogen and oxygen atoms in total. The van der Waals surface area contributed by atoms with E-state index in [9.17, 15) is 4.79 Å². The van der Waals surface area contributed by atoms with Gasteiger partial charge in [-0.05, 0) is 42.3 Å². The summed E-state index contributed by atoms with van der Waals surface area (Å²) < 4.78 is 13.5. The van der Waals surface area contributed by atoms with Crippen LogP contribution in [0.5, 0.6) is 0 Å². The van der Waals surface area contributed by atoms with Gasteiger partial charge in [0.05, 0.1) is 36.6 Å². The van der Waals surface area contributed by atoms with Gasteiger partial charge in [-0.1, -0.05) is 36.4 Å². The summed E-state index contributed by atoms with van der Waals surface area (Å²) in [7, 11) is 0. The fraction of sp³-hybridized carbons (Fsp3) is 0.333. The summed E-state index contributed by atoms with van der Waals surface area (Å²) >= 11 is 0. The maximum atomic E-state index is 12.5. The van der Waals surface area contributed by atoms with E-state index in [2.05, 4.69) is 55.4 Å². The lowest BCUT2D eigenvalue weighted by Gasteiger charge is -2.33. The number of carbonyl (C=O) groups excluding carboxylic acids is 1. The van der Waals surface area contributed by atoms with Gasteiger partial charge in [-0.15, -0.1) is 0 Å². The maximum Gasteiger partial charge on any atom is 0.315 e. The first kappa shape index (κ1) is 23.1. The molecule has 1 unspecified atom stereocenters. The highest BCUT2D eigenvalue weighted by Gasteiger charge is 2.25. The first-order valence-electron chi connectivity index (χ1n) is 12.0. The number of hydrogen-bond acceptors (Lipinski definition) is 5. The zero-order chi connectivity index (χ0) is 24.0. The molecule has 1 atom stereocenters. The number of imidazole rings is 1. The molecular formula is C27H31N5O3. The molecule has 0 bridgehead atoms. The molecule has 4 aromatic rings. The van der Waals surface area contributed by atoms with Crippen molar-refractivity contribution in [2.24, 2.45) is 0 Å². The van der Waals surface area contributed by atoms with Crippen LogP contribution in [0.3, 0.4) is 0 Å². The van der Waals surface area contributed by atoms with Crippen LogP contribution >= 0.6 is 0 Å². The standard InChI is InChI=1S/C27H31N5O3/c1-20-6-11-26(35-20)25(31-12-14-34-15-13-31)17-29-27(33)28-16-21-7-9-22(10-8-21)18-32-19-30-23-4-2-3-5-24(23)32/h2-11,19,25H,12-18H2,1H3,(H2,28,29,33). The molecule has 0 radical (unpaired) electrons. The van der Waals surface area contributed by atoms with E-state index in [1.807, 2.05) is 43.6 Å². The molecule has 3 heterocycles. The Hall–Kier alpha value is -3.62. The lowest BCUT2D eigenvalue weighted by molar-refractivity contribution is 0.0121. The highest BCUT2D eigenvalue weighted by molar-refractivity contribution is 5.75. The third-order valence-corrected chi connectivity index (χ3v) is 6.39. The van der Waals surface area contributed by atoms with Crippen molar-refractivity contribution in [2.45, 2.75) is 26.1 Å². The van der Waals surface area contributed by atoms with Crippen molar-refractivity contribution in [1.29, 1.82) is 0 Å². The molecule has 1 saturated heterocycles. The molecule has 1 aliphatic heterocycles.